The van der Waals surface area contributed by atoms with E-state index in [1.54, 1.807) is 6.07 Å². The van der Waals surface area contributed by atoms with Gasteiger partial charge in [-0.2, -0.15) is 13.2 Å². The third kappa shape index (κ3) is 2.76. The summed E-state index contributed by atoms with van der Waals surface area (Å²) in [6, 6.07) is 13.1. The summed E-state index contributed by atoms with van der Waals surface area (Å²) in [5.74, 6) is -0.170. The van der Waals surface area contributed by atoms with Crippen molar-refractivity contribution >= 4 is 27.2 Å². The number of carbonyl (C=O) groups excluding carboxylic acids is 1. The van der Waals surface area contributed by atoms with E-state index in [9.17, 15) is 18.0 Å². The highest BCUT2D eigenvalue weighted by molar-refractivity contribution is 7.17. The van der Waals surface area contributed by atoms with E-state index in [1.807, 2.05) is 30.3 Å². The van der Waals surface area contributed by atoms with Gasteiger partial charge in [0, 0.05) is 27.5 Å². The summed E-state index contributed by atoms with van der Waals surface area (Å²) >= 11 is 0.965. The molecule has 1 nitrogen and oxygen atoms in total. The second kappa shape index (κ2) is 5.57. The first-order valence-corrected chi connectivity index (χ1v) is 7.49. The molecule has 2 aromatic carbocycles. The number of benzene rings is 2. The molecule has 112 valence electrons. The van der Waals surface area contributed by atoms with E-state index in [1.165, 1.54) is 11.4 Å². The molecular formula is C17H11F3OS. The first-order valence-electron chi connectivity index (χ1n) is 6.61. The predicted octanol–water partition coefficient (Wildman–Crippen LogP) is 5.35. The summed E-state index contributed by atoms with van der Waals surface area (Å²) in [6.45, 7) is 0. The van der Waals surface area contributed by atoms with E-state index in [2.05, 4.69) is 0 Å². The third-order valence-electron chi connectivity index (χ3n) is 3.41. The number of hydrogen-bond acceptors (Lipinski definition) is 2. The fourth-order valence-corrected chi connectivity index (χ4v) is 3.48. The lowest BCUT2D eigenvalue weighted by Gasteiger charge is -2.07. The lowest BCUT2D eigenvalue weighted by atomic mass is 10.0. The molecule has 0 spiro atoms. The second-order valence-electron chi connectivity index (χ2n) is 4.91. The van der Waals surface area contributed by atoms with Crippen LogP contribution in [0, 0.1) is 0 Å². The maximum atomic E-state index is 13.0. The van der Waals surface area contributed by atoms with Gasteiger partial charge in [0.15, 0.2) is 5.78 Å². The molecule has 0 radical (unpaired) electrons. The van der Waals surface area contributed by atoms with Crippen molar-refractivity contribution in [1.29, 1.82) is 0 Å². The Labute approximate surface area is 129 Å². The summed E-state index contributed by atoms with van der Waals surface area (Å²) in [7, 11) is 0. The van der Waals surface area contributed by atoms with Gasteiger partial charge in [-0.1, -0.05) is 42.5 Å². The Hall–Kier alpha value is -2.14. The number of Topliss-reactive ketones (excluding diaryl/α,β-unsaturated/α-hetero) is 1. The van der Waals surface area contributed by atoms with Gasteiger partial charge >= 0.3 is 6.18 Å². The fraction of sp³-hybridized carbons (Fsp3) is 0.118. The highest BCUT2D eigenvalue weighted by Gasteiger charge is 2.33. The Morgan fingerprint density at radius 1 is 1.00 bits per heavy atom. The van der Waals surface area contributed by atoms with Crippen molar-refractivity contribution in [3.05, 3.63) is 70.6 Å². The summed E-state index contributed by atoms with van der Waals surface area (Å²) in [6.07, 6.45) is -4.23. The number of hydrogen-bond donors (Lipinski definition) is 0. The zero-order chi connectivity index (χ0) is 15.7. The van der Waals surface area contributed by atoms with Crippen LogP contribution < -0.4 is 0 Å². The van der Waals surface area contributed by atoms with Crippen molar-refractivity contribution < 1.29 is 18.0 Å². The average molecular weight is 320 g/mol. The maximum absolute atomic E-state index is 13.0. The number of carbonyl (C=O) groups is 1. The molecule has 0 bridgehead atoms. The molecule has 5 heteroatoms. The molecule has 0 aliphatic rings. The van der Waals surface area contributed by atoms with E-state index in [0.29, 0.717) is 10.9 Å². The number of rotatable bonds is 3. The highest BCUT2D eigenvalue weighted by Crippen LogP contribution is 2.39. The highest BCUT2D eigenvalue weighted by atomic mass is 32.1. The molecule has 3 rings (SSSR count). The molecule has 0 saturated heterocycles. The van der Waals surface area contributed by atoms with Gasteiger partial charge in [0.25, 0.3) is 0 Å². The molecule has 1 heterocycles. The van der Waals surface area contributed by atoms with Gasteiger partial charge in [0.1, 0.15) is 0 Å². The molecule has 0 aliphatic carbocycles. The summed E-state index contributed by atoms with van der Waals surface area (Å²) in [5, 5.41) is 1.89. The molecule has 0 fully saturated rings. The van der Waals surface area contributed by atoms with Gasteiger partial charge < -0.3 is 0 Å². The molecule has 0 amide bonds. The van der Waals surface area contributed by atoms with Crippen LogP contribution in [0.3, 0.4) is 0 Å². The Kier molecular flexibility index (Phi) is 3.74. The van der Waals surface area contributed by atoms with Crippen molar-refractivity contribution in [1.82, 2.24) is 0 Å². The topological polar surface area (TPSA) is 17.1 Å². The summed E-state index contributed by atoms with van der Waals surface area (Å²) < 4.78 is 39.1. The van der Waals surface area contributed by atoms with Crippen molar-refractivity contribution in [2.75, 3.05) is 0 Å². The zero-order valence-electron chi connectivity index (χ0n) is 11.4. The minimum Gasteiger partial charge on any atom is -0.294 e. The Bertz CT molecular complexity index is 819. The van der Waals surface area contributed by atoms with Crippen LogP contribution in [0.1, 0.15) is 21.5 Å². The van der Waals surface area contributed by atoms with E-state index >= 15 is 0 Å². The van der Waals surface area contributed by atoms with Crippen LogP contribution in [0.4, 0.5) is 13.2 Å². The number of ketones is 1. The van der Waals surface area contributed by atoms with Gasteiger partial charge in [0.05, 0.1) is 5.56 Å². The number of fused-ring (bicyclic) bond motifs is 1. The van der Waals surface area contributed by atoms with Crippen LogP contribution in [0.25, 0.3) is 10.1 Å². The quantitative estimate of drug-likeness (QED) is 0.595. The van der Waals surface area contributed by atoms with E-state index in [0.717, 1.165) is 23.0 Å². The lowest BCUT2D eigenvalue weighted by Crippen LogP contribution is -2.05. The second-order valence-corrected chi connectivity index (χ2v) is 5.79. The van der Waals surface area contributed by atoms with Crippen molar-refractivity contribution in [3.8, 4) is 0 Å². The van der Waals surface area contributed by atoms with Crippen LogP contribution in [-0.2, 0) is 12.6 Å². The van der Waals surface area contributed by atoms with Gasteiger partial charge in [0.2, 0.25) is 0 Å². The molecule has 1 aromatic heterocycles. The first kappa shape index (κ1) is 14.8. The largest absolute Gasteiger partial charge is 0.417 e. The fourth-order valence-electron chi connectivity index (χ4n) is 2.37. The standard InChI is InChI=1S/C17H11F3OS/c18-17(19,20)14-8-4-7-12-13(10-22-16(12)14)15(21)9-11-5-2-1-3-6-11/h1-8,10H,9H2. The Morgan fingerprint density at radius 3 is 2.41 bits per heavy atom. The summed E-state index contributed by atoms with van der Waals surface area (Å²) in [4.78, 5) is 12.4. The van der Waals surface area contributed by atoms with Crippen LogP contribution in [0.2, 0.25) is 0 Å². The zero-order valence-corrected chi connectivity index (χ0v) is 12.2. The monoisotopic (exact) mass is 320 g/mol. The van der Waals surface area contributed by atoms with E-state index < -0.39 is 11.7 Å². The van der Waals surface area contributed by atoms with E-state index in [4.69, 9.17) is 0 Å². The molecule has 0 N–H and O–H groups in total. The van der Waals surface area contributed by atoms with Crippen molar-refractivity contribution in [2.45, 2.75) is 12.6 Å². The SMILES string of the molecule is O=C(Cc1ccccc1)c1csc2c(C(F)(F)F)cccc12. The van der Waals surface area contributed by atoms with Crippen LogP contribution in [0.15, 0.2) is 53.9 Å². The average Bonchev–Trinajstić information content (AvgIpc) is 2.91. The van der Waals surface area contributed by atoms with Crippen molar-refractivity contribution in [3.63, 3.8) is 0 Å². The normalized spacial score (nSPS) is 11.8. The third-order valence-corrected chi connectivity index (χ3v) is 4.44. The Morgan fingerprint density at radius 2 is 1.73 bits per heavy atom. The van der Waals surface area contributed by atoms with Gasteiger partial charge in [-0.25, -0.2) is 0 Å². The van der Waals surface area contributed by atoms with Crippen LogP contribution in [0.5, 0.6) is 0 Å². The molecular weight excluding hydrogens is 309 g/mol. The minimum absolute atomic E-state index is 0.117. The molecule has 0 atom stereocenters. The molecule has 3 aromatic rings. The summed E-state index contributed by atoms with van der Waals surface area (Å²) in [5.41, 5.74) is 0.516. The Balaban J connectivity index is 2.00. The molecule has 0 saturated carbocycles. The lowest BCUT2D eigenvalue weighted by molar-refractivity contribution is -0.136. The molecule has 0 aliphatic heterocycles. The van der Waals surface area contributed by atoms with Gasteiger partial charge in [-0.05, 0) is 11.6 Å². The van der Waals surface area contributed by atoms with Crippen molar-refractivity contribution in [2.24, 2.45) is 0 Å². The maximum Gasteiger partial charge on any atom is 0.417 e. The first-order chi connectivity index (χ1) is 10.5. The van der Waals surface area contributed by atoms with E-state index in [-0.39, 0.29) is 16.9 Å². The van der Waals surface area contributed by atoms with Gasteiger partial charge in [-0.3, -0.25) is 4.79 Å². The number of alkyl halides is 3. The number of thiophene rings is 1. The minimum atomic E-state index is -4.41. The van der Waals surface area contributed by atoms with Gasteiger partial charge in [-0.15, -0.1) is 11.3 Å². The predicted molar refractivity (Wildman–Crippen MR) is 81.3 cm³/mol. The molecule has 0 unspecified atom stereocenters. The number of halogens is 3. The molecule has 22 heavy (non-hydrogen) atoms. The van der Waals surface area contributed by atoms with Crippen LogP contribution in [-0.4, -0.2) is 5.78 Å². The van der Waals surface area contributed by atoms with Crippen LogP contribution >= 0.6 is 11.3 Å². The smallest absolute Gasteiger partial charge is 0.294 e.